The maximum atomic E-state index is 11.0. The van der Waals surface area contributed by atoms with Gasteiger partial charge in [0, 0.05) is 6.20 Å². The lowest BCUT2D eigenvalue weighted by Crippen LogP contribution is -2.32. The molecule has 0 radical (unpaired) electrons. The number of hydrogen-bond donors (Lipinski definition) is 2. The summed E-state index contributed by atoms with van der Waals surface area (Å²) in [6.07, 6.45) is 3.24. The molecule has 1 aromatic rings. The summed E-state index contributed by atoms with van der Waals surface area (Å²) < 4.78 is 0. The lowest BCUT2D eigenvalue weighted by atomic mass is 10.2. The number of carboxylic acids is 1. The Morgan fingerprint density at radius 1 is 1.69 bits per heavy atom. The molecular weight excluding hydrogens is 208 g/mol. The summed E-state index contributed by atoms with van der Waals surface area (Å²) in [6.45, 7) is 0. The minimum atomic E-state index is -0.909. The Kier molecular flexibility index (Phi) is 2.68. The van der Waals surface area contributed by atoms with E-state index in [0.29, 0.717) is 0 Å². The monoisotopic (exact) mass is 218 g/mol. The Labute approximate surface area is 92.0 Å². The highest BCUT2D eigenvalue weighted by atomic mass is 16.4. The summed E-state index contributed by atoms with van der Waals surface area (Å²) in [5.41, 5.74) is 0.220. The zero-order valence-corrected chi connectivity index (χ0v) is 8.42. The van der Waals surface area contributed by atoms with Crippen molar-refractivity contribution in [1.82, 2.24) is 9.97 Å². The van der Waals surface area contributed by atoms with Crippen LogP contribution in [0.15, 0.2) is 12.3 Å². The first-order valence-corrected chi connectivity index (χ1v) is 4.93. The second-order valence-electron chi connectivity index (χ2n) is 3.67. The van der Waals surface area contributed by atoms with Crippen LogP contribution in [0.1, 0.15) is 18.5 Å². The van der Waals surface area contributed by atoms with E-state index in [4.69, 9.17) is 10.4 Å². The van der Waals surface area contributed by atoms with E-state index in [1.165, 1.54) is 12.3 Å². The standard InChI is InChI=1S/C10H10N4O2/c11-5-7-3-4-12-10(13-7)14-8(9(15)16)6-1-2-6/h3-4,6,8H,1-2H2,(H,15,16)(H,12,13,14). The third-order valence-corrected chi connectivity index (χ3v) is 2.41. The van der Waals surface area contributed by atoms with Crippen LogP contribution < -0.4 is 5.32 Å². The molecule has 0 aromatic carbocycles. The highest BCUT2D eigenvalue weighted by molar-refractivity contribution is 5.77. The number of nitriles is 1. The third-order valence-electron chi connectivity index (χ3n) is 2.41. The van der Waals surface area contributed by atoms with Crippen LogP contribution >= 0.6 is 0 Å². The van der Waals surface area contributed by atoms with Crippen molar-refractivity contribution in [3.8, 4) is 6.07 Å². The summed E-state index contributed by atoms with van der Waals surface area (Å²) in [4.78, 5) is 18.7. The molecule has 1 unspecified atom stereocenters. The molecule has 1 aliphatic rings. The quantitative estimate of drug-likeness (QED) is 0.768. The zero-order valence-electron chi connectivity index (χ0n) is 8.42. The molecule has 0 amide bonds. The van der Waals surface area contributed by atoms with Crippen LogP contribution in [0.3, 0.4) is 0 Å². The number of anilines is 1. The van der Waals surface area contributed by atoms with Gasteiger partial charge in [0.1, 0.15) is 17.8 Å². The molecule has 0 spiro atoms. The minimum absolute atomic E-state index is 0.145. The maximum absolute atomic E-state index is 11.0. The van der Waals surface area contributed by atoms with Gasteiger partial charge in [0.25, 0.3) is 0 Å². The maximum Gasteiger partial charge on any atom is 0.326 e. The van der Waals surface area contributed by atoms with Crippen molar-refractivity contribution in [2.75, 3.05) is 5.32 Å². The molecule has 6 nitrogen and oxygen atoms in total. The molecule has 82 valence electrons. The van der Waals surface area contributed by atoms with E-state index in [9.17, 15) is 4.79 Å². The van der Waals surface area contributed by atoms with Crippen LogP contribution in [0.5, 0.6) is 0 Å². The van der Waals surface area contributed by atoms with Gasteiger partial charge >= 0.3 is 5.97 Å². The van der Waals surface area contributed by atoms with Crippen molar-refractivity contribution in [2.45, 2.75) is 18.9 Å². The molecule has 2 rings (SSSR count). The van der Waals surface area contributed by atoms with Crippen molar-refractivity contribution >= 4 is 11.9 Å². The average Bonchev–Trinajstić information content (AvgIpc) is 3.10. The lowest BCUT2D eigenvalue weighted by molar-refractivity contribution is -0.138. The van der Waals surface area contributed by atoms with E-state index in [1.807, 2.05) is 6.07 Å². The van der Waals surface area contributed by atoms with Gasteiger partial charge in [-0.2, -0.15) is 5.26 Å². The van der Waals surface area contributed by atoms with Gasteiger partial charge in [0.05, 0.1) is 0 Å². The van der Waals surface area contributed by atoms with Crippen molar-refractivity contribution in [3.63, 3.8) is 0 Å². The number of nitrogens with one attached hydrogen (secondary N) is 1. The SMILES string of the molecule is N#Cc1ccnc(NC(C(=O)O)C2CC2)n1. The number of aromatic nitrogens is 2. The Hall–Kier alpha value is -2.16. The second kappa shape index (κ2) is 4.14. The summed E-state index contributed by atoms with van der Waals surface area (Å²) >= 11 is 0. The molecule has 1 aromatic heterocycles. The molecule has 2 N–H and O–H groups in total. The molecule has 1 aliphatic carbocycles. The number of aliphatic carboxylic acids is 1. The van der Waals surface area contributed by atoms with Crippen molar-refractivity contribution in [1.29, 1.82) is 5.26 Å². The Bertz CT molecular complexity index is 450. The highest BCUT2D eigenvalue weighted by Crippen LogP contribution is 2.33. The largest absolute Gasteiger partial charge is 0.480 e. The third kappa shape index (κ3) is 2.25. The summed E-state index contributed by atoms with van der Waals surface area (Å²) in [7, 11) is 0. The predicted octanol–water partition coefficient (Wildman–Crippen LogP) is 0.623. The van der Waals surface area contributed by atoms with Crippen LogP contribution in [0.25, 0.3) is 0 Å². The van der Waals surface area contributed by atoms with Gasteiger partial charge in [-0.05, 0) is 24.8 Å². The van der Waals surface area contributed by atoms with Gasteiger partial charge in [-0.1, -0.05) is 0 Å². The van der Waals surface area contributed by atoms with Gasteiger partial charge in [0.15, 0.2) is 0 Å². The van der Waals surface area contributed by atoms with Crippen LogP contribution in [0, 0.1) is 17.2 Å². The first-order valence-electron chi connectivity index (χ1n) is 4.93. The minimum Gasteiger partial charge on any atom is -0.480 e. The normalized spacial score (nSPS) is 16.2. The molecule has 16 heavy (non-hydrogen) atoms. The van der Waals surface area contributed by atoms with Gasteiger partial charge in [-0.3, -0.25) is 0 Å². The van der Waals surface area contributed by atoms with Gasteiger partial charge < -0.3 is 10.4 Å². The Balaban J connectivity index is 2.12. The van der Waals surface area contributed by atoms with Crippen LogP contribution in [0.2, 0.25) is 0 Å². The molecule has 1 saturated carbocycles. The van der Waals surface area contributed by atoms with Gasteiger partial charge in [-0.15, -0.1) is 0 Å². The molecule has 0 saturated heterocycles. The Morgan fingerprint density at radius 2 is 2.44 bits per heavy atom. The van der Waals surface area contributed by atoms with E-state index in [2.05, 4.69) is 15.3 Å². The van der Waals surface area contributed by atoms with E-state index < -0.39 is 12.0 Å². The van der Waals surface area contributed by atoms with Gasteiger partial charge in [-0.25, -0.2) is 14.8 Å². The molecule has 1 atom stereocenters. The fourth-order valence-electron chi connectivity index (χ4n) is 1.44. The van der Waals surface area contributed by atoms with E-state index in [0.717, 1.165) is 12.8 Å². The number of rotatable bonds is 4. The van der Waals surface area contributed by atoms with Crippen molar-refractivity contribution in [2.24, 2.45) is 5.92 Å². The topological polar surface area (TPSA) is 98.9 Å². The lowest BCUT2D eigenvalue weighted by Gasteiger charge is -2.12. The number of carbonyl (C=O) groups is 1. The van der Waals surface area contributed by atoms with Crippen LogP contribution in [-0.4, -0.2) is 27.1 Å². The zero-order chi connectivity index (χ0) is 11.5. The number of carboxylic acid groups (broad SMARTS) is 1. The smallest absolute Gasteiger partial charge is 0.326 e. The fourth-order valence-corrected chi connectivity index (χ4v) is 1.44. The van der Waals surface area contributed by atoms with Gasteiger partial charge in [0.2, 0.25) is 5.95 Å². The number of nitrogens with zero attached hydrogens (tertiary/aromatic N) is 3. The summed E-state index contributed by atoms with van der Waals surface area (Å²) in [6, 6.07) is 2.69. The molecule has 0 bridgehead atoms. The summed E-state index contributed by atoms with van der Waals surface area (Å²) in [5, 5.41) is 20.4. The first-order chi connectivity index (χ1) is 7.70. The van der Waals surface area contributed by atoms with E-state index in [-0.39, 0.29) is 17.6 Å². The molecule has 6 heteroatoms. The Morgan fingerprint density at radius 3 is 3.00 bits per heavy atom. The van der Waals surface area contributed by atoms with Crippen molar-refractivity contribution in [3.05, 3.63) is 18.0 Å². The van der Waals surface area contributed by atoms with Crippen molar-refractivity contribution < 1.29 is 9.90 Å². The molecule has 1 heterocycles. The summed E-state index contributed by atoms with van der Waals surface area (Å²) in [5.74, 6) is -0.571. The van der Waals surface area contributed by atoms with E-state index in [1.54, 1.807) is 0 Å². The van der Waals surface area contributed by atoms with Crippen LogP contribution in [-0.2, 0) is 4.79 Å². The van der Waals surface area contributed by atoms with Crippen LogP contribution in [0.4, 0.5) is 5.95 Å². The molecule has 1 fully saturated rings. The predicted molar refractivity (Wildman–Crippen MR) is 54.5 cm³/mol. The molecule has 0 aliphatic heterocycles. The number of hydrogen-bond acceptors (Lipinski definition) is 5. The second-order valence-corrected chi connectivity index (χ2v) is 3.67. The highest BCUT2D eigenvalue weighted by Gasteiger charge is 2.36. The average molecular weight is 218 g/mol. The molecular formula is C10H10N4O2. The first kappa shape index (κ1) is 10.4. The van der Waals surface area contributed by atoms with E-state index >= 15 is 0 Å². The fraction of sp³-hybridized carbons (Fsp3) is 0.400.